The molecule has 0 unspecified atom stereocenters. The number of nitrogens with zero attached hydrogens (tertiary/aromatic N) is 1. The van der Waals surface area contributed by atoms with E-state index < -0.39 is 6.05 Å². The second kappa shape index (κ2) is 1.65. The molecule has 0 atom stereocenters. The summed E-state index contributed by atoms with van der Waals surface area (Å²) < 4.78 is 23.8. The molecule has 0 saturated heterocycles. The normalized spacial score (nSPS) is 21.8. The fraction of sp³-hybridized carbons (Fsp3) is 0.333. The van der Waals surface area contributed by atoms with Gasteiger partial charge in [0.15, 0.2) is 0 Å². The van der Waals surface area contributed by atoms with E-state index in [1.165, 1.54) is 13.0 Å². The molecule has 0 spiro atoms. The number of alkyl halides is 2. The minimum absolute atomic E-state index is 0.736. The monoisotopic (exact) mass is 116 g/mol. The first-order chi connectivity index (χ1) is 3.71. The van der Waals surface area contributed by atoms with Crippen LogP contribution in [0.2, 0.25) is 0 Å². The summed E-state index contributed by atoms with van der Waals surface area (Å²) in [5, 5.41) is 3.12. The van der Waals surface area contributed by atoms with Gasteiger partial charge in [-0.2, -0.15) is 0 Å². The van der Waals surface area contributed by atoms with Gasteiger partial charge in [0.1, 0.15) is 0 Å². The molecule has 0 aromatic carbocycles. The first kappa shape index (κ1) is 5.40. The van der Waals surface area contributed by atoms with E-state index in [4.69, 9.17) is 0 Å². The Morgan fingerprint density at radius 1 is 1.62 bits per heavy atom. The summed E-state index contributed by atoms with van der Waals surface area (Å²) in [5.41, 5.74) is 1.61. The van der Waals surface area contributed by atoms with Gasteiger partial charge in [0, 0.05) is 0 Å². The Labute approximate surface area is 45.5 Å². The summed E-state index contributed by atoms with van der Waals surface area (Å²) in [6, 6.07) is -2.95. The van der Waals surface area contributed by atoms with E-state index in [-0.39, 0.29) is 0 Å². The predicted molar refractivity (Wildman–Crippen MR) is 25.4 cm³/mol. The number of halogens is 2. The molecule has 0 aliphatic carbocycles. The molecule has 1 aliphatic heterocycles. The van der Waals surface area contributed by atoms with Crippen LogP contribution in [0.4, 0.5) is 8.78 Å². The molecule has 0 saturated carbocycles. The van der Waals surface area contributed by atoms with Gasteiger partial charge in [-0.25, -0.2) is 0 Å². The Bertz CT molecular complexity index is 142. The summed E-state index contributed by atoms with van der Waals surface area (Å²) in [4.78, 5) is 0. The van der Waals surface area contributed by atoms with Crippen LogP contribution in [0.1, 0.15) is 0 Å². The third-order valence-corrected chi connectivity index (χ3v) is 0.680. The Hall–Kier alpha value is -0.735. The summed E-state index contributed by atoms with van der Waals surface area (Å²) in [7, 11) is 1.26. The molecular formula is C3H3BF2N2. The number of rotatable bonds is 0. The maximum absolute atomic E-state index is 11.9. The molecule has 0 fully saturated rings. The van der Waals surface area contributed by atoms with Crippen molar-refractivity contribution in [2.45, 2.75) is 6.05 Å². The zero-order valence-corrected chi connectivity index (χ0v) is 3.94. The van der Waals surface area contributed by atoms with Crippen molar-refractivity contribution in [2.24, 2.45) is 5.00 Å². The fourth-order valence-corrected chi connectivity index (χ4v) is 0.368. The van der Waals surface area contributed by atoms with Gasteiger partial charge in [-0.15, -0.1) is 0 Å². The summed E-state index contributed by atoms with van der Waals surface area (Å²) in [5.74, 6) is 1.19. The Kier molecular flexibility index (Phi) is 1.11. The third kappa shape index (κ3) is 1.12. The van der Waals surface area contributed by atoms with Gasteiger partial charge in [0.05, 0.1) is 0 Å². The van der Waals surface area contributed by atoms with Crippen LogP contribution in [0.15, 0.2) is 17.1 Å². The summed E-state index contributed by atoms with van der Waals surface area (Å²) in [6.45, 7) is 0. The summed E-state index contributed by atoms with van der Waals surface area (Å²) in [6.07, 6.45) is 0.736. The molecule has 0 radical (unpaired) electrons. The van der Waals surface area contributed by atoms with Gasteiger partial charge >= 0.3 is 44.4 Å². The van der Waals surface area contributed by atoms with Crippen molar-refractivity contribution in [1.82, 2.24) is 5.43 Å². The van der Waals surface area contributed by atoms with Gasteiger partial charge in [0.25, 0.3) is 0 Å². The van der Waals surface area contributed by atoms with E-state index >= 15 is 0 Å². The van der Waals surface area contributed by atoms with Crippen LogP contribution in [0.3, 0.4) is 0 Å². The molecule has 0 bridgehead atoms. The zero-order chi connectivity index (χ0) is 6.04. The first-order valence-corrected chi connectivity index (χ1v) is 2.07. The van der Waals surface area contributed by atoms with Gasteiger partial charge in [-0.1, -0.05) is 0 Å². The molecule has 1 N–H and O–H groups in total. The average Bonchev–Trinajstić information content (AvgIpc) is 1.65. The van der Waals surface area contributed by atoms with Crippen molar-refractivity contribution < 1.29 is 8.78 Å². The number of hydrogen-bond donors (Lipinski definition) is 1. The second-order valence-corrected chi connectivity index (χ2v) is 1.37. The van der Waals surface area contributed by atoms with Crippen molar-refractivity contribution in [3.8, 4) is 0 Å². The van der Waals surface area contributed by atoms with Crippen molar-refractivity contribution in [2.75, 3.05) is 0 Å². The van der Waals surface area contributed by atoms with Crippen LogP contribution in [0.25, 0.3) is 0 Å². The van der Waals surface area contributed by atoms with E-state index in [1.54, 1.807) is 5.43 Å². The van der Waals surface area contributed by atoms with E-state index in [1.807, 2.05) is 0 Å². The Morgan fingerprint density at radius 2 is 2.38 bits per heavy atom. The molecule has 2 nitrogen and oxygen atoms in total. The van der Waals surface area contributed by atoms with Crippen LogP contribution in [0.5, 0.6) is 0 Å². The van der Waals surface area contributed by atoms with Crippen LogP contribution < -0.4 is 5.43 Å². The van der Waals surface area contributed by atoms with E-state index in [0.29, 0.717) is 0 Å². The van der Waals surface area contributed by atoms with Crippen molar-refractivity contribution in [3.05, 3.63) is 12.1 Å². The molecule has 42 valence electrons. The fourth-order valence-electron chi connectivity index (χ4n) is 0.368. The van der Waals surface area contributed by atoms with Crippen LogP contribution in [-0.2, 0) is 0 Å². The SMILES string of the molecule is FC1(F)C=CB=NN1. The van der Waals surface area contributed by atoms with Crippen LogP contribution >= 0.6 is 0 Å². The second-order valence-electron chi connectivity index (χ2n) is 1.37. The standard InChI is InChI=1S/C3H3BF2N2/c5-3(6)1-2-4-8-7-3/h1-2,7H. The molecule has 0 amide bonds. The molecule has 1 rings (SSSR count). The summed E-state index contributed by atoms with van der Waals surface area (Å²) >= 11 is 0. The van der Waals surface area contributed by atoms with Crippen LogP contribution in [0, 0.1) is 0 Å². The van der Waals surface area contributed by atoms with Crippen molar-refractivity contribution in [1.29, 1.82) is 0 Å². The molecular weight excluding hydrogens is 113 g/mol. The van der Waals surface area contributed by atoms with Gasteiger partial charge in [-0.05, 0) is 0 Å². The van der Waals surface area contributed by atoms with Crippen molar-refractivity contribution in [3.63, 3.8) is 0 Å². The van der Waals surface area contributed by atoms with Gasteiger partial charge in [0.2, 0.25) is 0 Å². The molecule has 0 aromatic heterocycles. The average molecular weight is 116 g/mol. The maximum atomic E-state index is 11.9. The molecule has 5 heteroatoms. The Balaban J connectivity index is 2.65. The van der Waals surface area contributed by atoms with Gasteiger partial charge < -0.3 is 0 Å². The third-order valence-electron chi connectivity index (χ3n) is 0.680. The quantitative estimate of drug-likeness (QED) is 0.361. The van der Waals surface area contributed by atoms with Crippen LogP contribution in [-0.4, -0.2) is 13.1 Å². The molecule has 0 aromatic rings. The molecule has 1 aliphatic rings. The Morgan fingerprint density at radius 3 is 2.62 bits per heavy atom. The van der Waals surface area contributed by atoms with Crippen molar-refractivity contribution >= 4 is 7.07 Å². The molecule has 8 heavy (non-hydrogen) atoms. The zero-order valence-electron chi connectivity index (χ0n) is 3.94. The first-order valence-electron chi connectivity index (χ1n) is 2.07. The van der Waals surface area contributed by atoms with Gasteiger partial charge in [-0.3, -0.25) is 0 Å². The van der Waals surface area contributed by atoms with E-state index in [9.17, 15) is 8.78 Å². The predicted octanol–water partition coefficient (Wildman–Crippen LogP) is 0.499. The van der Waals surface area contributed by atoms with E-state index in [0.717, 1.165) is 6.08 Å². The minimum atomic E-state index is -2.95. The number of hydrogen-bond acceptors (Lipinski definition) is 2. The number of nitrogens with one attached hydrogen (secondary N) is 1. The van der Waals surface area contributed by atoms with E-state index in [2.05, 4.69) is 5.00 Å². The topological polar surface area (TPSA) is 24.4 Å². The molecule has 1 heterocycles.